The fraction of sp³-hybridized carbons (Fsp3) is 0.400. The van der Waals surface area contributed by atoms with E-state index in [0.717, 1.165) is 28.8 Å². The van der Waals surface area contributed by atoms with Crippen molar-refractivity contribution in [3.63, 3.8) is 0 Å². The van der Waals surface area contributed by atoms with Gasteiger partial charge in [-0.25, -0.2) is 4.98 Å². The standard InChI is InChI=1S/C30H32FN5O3/c1-4-39-28-13-22(33-15-21(28)14-32)16-36-10-8-24-25(23-5-6-29(31)34-18(23)2)11-20(12-26(24)30(36)38)7-9-35-17-27(37)19(35)3/h5-6,11-13,15,19,27,37H,4,7-10,16-17H2,1-3H3/t19-,27-/m1/s1. The molecule has 1 fully saturated rings. The lowest BCUT2D eigenvalue weighted by Gasteiger charge is -2.43. The molecule has 3 aromatic rings. The number of aryl methyl sites for hydroxylation is 1. The molecule has 39 heavy (non-hydrogen) atoms. The van der Waals surface area contributed by atoms with Gasteiger partial charge in [0.25, 0.3) is 5.91 Å². The minimum atomic E-state index is -0.532. The number of ether oxygens (including phenoxy) is 1. The van der Waals surface area contributed by atoms with Gasteiger partial charge < -0.3 is 14.7 Å². The Kier molecular flexibility index (Phi) is 7.60. The predicted molar refractivity (Wildman–Crippen MR) is 144 cm³/mol. The van der Waals surface area contributed by atoms with Crippen molar-refractivity contribution in [3.05, 3.63) is 76.1 Å². The van der Waals surface area contributed by atoms with Gasteiger partial charge in [0.15, 0.2) is 0 Å². The molecular weight excluding hydrogens is 497 g/mol. The topological polar surface area (TPSA) is 103 Å². The third-order valence-electron chi connectivity index (χ3n) is 7.74. The molecule has 0 radical (unpaired) electrons. The van der Waals surface area contributed by atoms with Crippen LogP contribution in [0.25, 0.3) is 11.1 Å². The molecular formula is C30H32FN5O3. The number of hydrogen-bond acceptors (Lipinski definition) is 7. The molecule has 202 valence electrons. The molecule has 0 aliphatic carbocycles. The number of halogens is 1. The van der Waals surface area contributed by atoms with Gasteiger partial charge in [0.1, 0.15) is 17.4 Å². The van der Waals surface area contributed by atoms with Crippen LogP contribution in [0.4, 0.5) is 4.39 Å². The number of aromatic nitrogens is 2. The number of nitrogens with zero attached hydrogens (tertiary/aromatic N) is 5. The van der Waals surface area contributed by atoms with Crippen LogP contribution in [0.3, 0.4) is 0 Å². The molecule has 2 atom stereocenters. The number of pyridine rings is 2. The summed E-state index contributed by atoms with van der Waals surface area (Å²) >= 11 is 0. The van der Waals surface area contributed by atoms with Gasteiger partial charge in [-0.1, -0.05) is 6.07 Å². The maximum atomic E-state index is 13.8. The zero-order valence-electron chi connectivity index (χ0n) is 22.4. The van der Waals surface area contributed by atoms with Gasteiger partial charge in [-0.3, -0.25) is 14.7 Å². The molecule has 9 heteroatoms. The highest BCUT2D eigenvalue weighted by atomic mass is 19.1. The van der Waals surface area contributed by atoms with Crippen LogP contribution in [0.2, 0.25) is 0 Å². The average molecular weight is 530 g/mol. The normalized spacial score (nSPS) is 18.9. The van der Waals surface area contributed by atoms with Gasteiger partial charge in [0.2, 0.25) is 5.95 Å². The van der Waals surface area contributed by atoms with E-state index in [2.05, 4.69) is 27.0 Å². The van der Waals surface area contributed by atoms with Crippen molar-refractivity contribution in [1.82, 2.24) is 19.8 Å². The average Bonchev–Trinajstić information content (AvgIpc) is 2.92. The Morgan fingerprint density at radius 3 is 2.72 bits per heavy atom. The molecule has 1 amide bonds. The van der Waals surface area contributed by atoms with Crippen LogP contribution in [0.1, 0.15) is 52.3 Å². The number of amides is 1. The van der Waals surface area contributed by atoms with Crippen molar-refractivity contribution in [2.45, 2.75) is 52.3 Å². The number of rotatable bonds is 8. The van der Waals surface area contributed by atoms with Gasteiger partial charge >= 0.3 is 0 Å². The van der Waals surface area contributed by atoms with Gasteiger partial charge in [0, 0.05) is 54.8 Å². The largest absolute Gasteiger partial charge is 0.492 e. The molecule has 1 aromatic carbocycles. The lowest BCUT2D eigenvalue weighted by Crippen LogP contribution is -2.58. The van der Waals surface area contributed by atoms with E-state index in [1.165, 1.54) is 12.3 Å². The molecule has 1 N–H and O–H groups in total. The van der Waals surface area contributed by atoms with E-state index in [4.69, 9.17) is 4.74 Å². The van der Waals surface area contributed by atoms with Crippen molar-refractivity contribution in [2.24, 2.45) is 0 Å². The summed E-state index contributed by atoms with van der Waals surface area (Å²) in [5, 5.41) is 19.2. The summed E-state index contributed by atoms with van der Waals surface area (Å²) in [7, 11) is 0. The van der Waals surface area contributed by atoms with Crippen molar-refractivity contribution in [1.29, 1.82) is 5.26 Å². The van der Waals surface area contributed by atoms with Crippen molar-refractivity contribution in [2.75, 3.05) is 26.2 Å². The molecule has 8 nitrogen and oxygen atoms in total. The third-order valence-corrected chi connectivity index (χ3v) is 7.74. The monoisotopic (exact) mass is 529 g/mol. The lowest BCUT2D eigenvalue weighted by molar-refractivity contribution is -0.0510. The number of hydrogen-bond donors (Lipinski definition) is 1. The maximum absolute atomic E-state index is 13.8. The van der Waals surface area contributed by atoms with E-state index in [0.29, 0.717) is 67.3 Å². The predicted octanol–water partition coefficient (Wildman–Crippen LogP) is 3.67. The number of benzene rings is 1. The van der Waals surface area contributed by atoms with Crippen LogP contribution < -0.4 is 4.74 Å². The molecule has 2 aromatic heterocycles. The van der Waals surface area contributed by atoms with Crippen LogP contribution in [0.15, 0.2) is 36.5 Å². The van der Waals surface area contributed by atoms with Crippen molar-refractivity contribution >= 4 is 5.91 Å². The summed E-state index contributed by atoms with van der Waals surface area (Å²) < 4.78 is 19.4. The summed E-state index contributed by atoms with van der Waals surface area (Å²) in [6.07, 6.45) is 2.54. The molecule has 0 saturated carbocycles. The van der Waals surface area contributed by atoms with Crippen molar-refractivity contribution < 1.29 is 19.0 Å². The second-order valence-corrected chi connectivity index (χ2v) is 10.2. The lowest BCUT2D eigenvalue weighted by atomic mass is 9.87. The zero-order valence-corrected chi connectivity index (χ0v) is 22.4. The number of carbonyl (C=O) groups is 1. The highest BCUT2D eigenvalue weighted by Gasteiger charge is 2.33. The molecule has 4 heterocycles. The molecule has 0 unspecified atom stereocenters. The zero-order chi connectivity index (χ0) is 27.7. The fourth-order valence-corrected chi connectivity index (χ4v) is 5.41. The van der Waals surface area contributed by atoms with Gasteiger partial charge in [-0.15, -0.1) is 0 Å². The first-order chi connectivity index (χ1) is 18.8. The number of carbonyl (C=O) groups excluding carboxylic acids is 1. The van der Waals surface area contributed by atoms with Gasteiger partial charge in [0.05, 0.1) is 24.9 Å². The number of aliphatic hydroxyl groups excluding tert-OH is 1. The Bertz CT molecular complexity index is 1450. The van der Waals surface area contributed by atoms with E-state index in [-0.39, 0.29) is 18.1 Å². The Labute approximate surface area is 227 Å². The quantitative estimate of drug-likeness (QED) is 0.444. The number of aliphatic hydroxyl groups is 1. The van der Waals surface area contributed by atoms with Gasteiger partial charge in [-0.05, 0) is 68.5 Å². The molecule has 2 aliphatic heterocycles. The van der Waals surface area contributed by atoms with E-state index < -0.39 is 5.95 Å². The van der Waals surface area contributed by atoms with Crippen LogP contribution in [-0.2, 0) is 19.4 Å². The maximum Gasteiger partial charge on any atom is 0.254 e. The van der Waals surface area contributed by atoms with E-state index in [1.54, 1.807) is 24.0 Å². The Morgan fingerprint density at radius 1 is 1.23 bits per heavy atom. The summed E-state index contributed by atoms with van der Waals surface area (Å²) in [5.74, 6) is -0.164. The van der Waals surface area contributed by atoms with Crippen LogP contribution in [0.5, 0.6) is 5.75 Å². The second-order valence-electron chi connectivity index (χ2n) is 10.2. The molecule has 5 rings (SSSR count). The first kappa shape index (κ1) is 26.7. The highest BCUT2D eigenvalue weighted by molar-refractivity contribution is 5.99. The van der Waals surface area contributed by atoms with E-state index >= 15 is 0 Å². The van der Waals surface area contributed by atoms with Gasteiger partial charge in [-0.2, -0.15) is 9.65 Å². The summed E-state index contributed by atoms with van der Waals surface area (Å²) in [6, 6.07) is 11.1. The molecule has 0 bridgehead atoms. The summed E-state index contributed by atoms with van der Waals surface area (Å²) in [5.41, 5.74) is 5.89. The number of nitriles is 1. The molecule has 2 aliphatic rings. The Hall–Kier alpha value is -3.87. The second kappa shape index (κ2) is 11.1. The highest BCUT2D eigenvalue weighted by Crippen LogP contribution is 2.34. The fourth-order valence-electron chi connectivity index (χ4n) is 5.41. The van der Waals surface area contributed by atoms with Crippen LogP contribution in [-0.4, -0.2) is 69.2 Å². The molecule has 1 saturated heterocycles. The Balaban J connectivity index is 1.47. The smallest absolute Gasteiger partial charge is 0.254 e. The van der Waals surface area contributed by atoms with Crippen LogP contribution in [0, 0.1) is 24.2 Å². The number of β-amino-alcohol motifs (C(OH)–C–C–N with tert-alkyl or cyclic N) is 1. The van der Waals surface area contributed by atoms with Crippen molar-refractivity contribution in [3.8, 4) is 22.9 Å². The van der Waals surface area contributed by atoms with Crippen LogP contribution >= 0.6 is 0 Å². The SMILES string of the molecule is CCOc1cc(CN2CCc3c(cc(CCN4C[C@@H](O)[C@H]4C)cc3-c3ccc(F)nc3C)C2=O)ncc1C#N. The summed E-state index contributed by atoms with van der Waals surface area (Å²) in [6.45, 7) is 8.28. The number of likely N-dealkylation sites (tertiary alicyclic amines) is 1. The van der Waals surface area contributed by atoms with E-state index in [1.807, 2.05) is 19.9 Å². The third kappa shape index (κ3) is 5.35. The first-order valence-electron chi connectivity index (χ1n) is 13.3. The number of fused-ring (bicyclic) bond motifs is 1. The summed E-state index contributed by atoms with van der Waals surface area (Å²) in [4.78, 5) is 26.2. The first-order valence-corrected chi connectivity index (χ1v) is 13.3. The minimum Gasteiger partial charge on any atom is -0.492 e. The Morgan fingerprint density at radius 2 is 2.03 bits per heavy atom. The minimum absolute atomic E-state index is 0.0936. The molecule has 0 spiro atoms. The van der Waals surface area contributed by atoms with E-state index in [9.17, 15) is 19.6 Å².